The molecule has 112 valence electrons. The zero-order valence-electron chi connectivity index (χ0n) is 11.4. The Morgan fingerprint density at radius 1 is 1.35 bits per heavy atom. The van der Waals surface area contributed by atoms with Crippen molar-refractivity contribution < 1.29 is 14.3 Å². The van der Waals surface area contributed by atoms with Crippen molar-refractivity contribution in [3.8, 4) is 11.5 Å². The summed E-state index contributed by atoms with van der Waals surface area (Å²) >= 11 is 3.38. The minimum atomic E-state index is -0.115. The predicted molar refractivity (Wildman–Crippen MR) is 83.2 cm³/mol. The normalized spacial score (nSPS) is 13.9. The molecule has 0 aromatic heterocycles. The molecule has 0 radical (unpaired) electrons. The monoisotopic (exact) mass is 364 g/mol. The van der Waals surface area contributed by atoms with Gasteiger partial charge in [0.2, 0.25) is 0 Å². The molecule has 5 nitrogen and oxygen atoms in total. The summed E-state index contributed by atoms with van der Waals surface area (Å²) < 4.78 is 11.1. The number of rotatable bonds is 5. The van der Waals surface area contributed by atoms with Crippen LogP contribution in [0.4, 0.5) is 0 Å². The van der Waals surface area contributed by atoms with E-state index in [1.54, 1.807) is 26.4 Å². The summed E-state index contributed by atoms with van der Waals surface area (Å²) in [5.41, 5.74) is 0.532. The van der Waals surface area contributed by atoms with Crippen LogP contribution in [0.3, 0.4) is 0 Å². The van der Waals surface area contributed by atoms with E-state index in [-0.39, 0.29) is 18.3 Å². The highest BCUT2D eigenvalue weighted by molar-refractivity contribution is 9.10. The Kier molecular flexibility index (Phi) is 6.58. The molecule has 1 aromatic carbocycles. The van der Waals surface area contributed by atoms with Gasteiger partial charge in [-0.15, -0.1) is 12.4 Å². The lowest BCUT2D eigenvalue weighted by Crippen LogP contribution is -2.48. The van der Waals surface area contributed by atoms with E-state index in [4.69, 9.17) is 9.47 Å². The first-order chi connectivity index (χ1) is 9.15. The van der Waals surface area contributed by atoms with Gasteiger partial charge < -0.3 is 20.1 Å². The highest BCUT2D eigenvalue weighted by Crippen LogP contribution is 2.35. The zero-order chi connectivity index (χ0) is 13.8. The Morgan fingerprint density at radius 2 is 1.90 bits per heavy atom. The van der Waals surface area contributed by atoms with E-state index in [0.717, 1.165) is 13.1 Å². The Bertz CT molecular complexity index is 456. The second-order valence-corrected chi connectivity index (χ2v) is 5.22. The van der Waals surface area contributed by atoms with Gasteiger partial charge in [-0.2, -0.15) is 0 Å². The fourth-order valence-corrected chi connectivity index (χ4v) is 2.38. The first-order valence-corrected chi connectivity index (χ1v) is 6.85. The van der Waals surface area contributed by atoms with Gasteiger partial charge in [0.15, 0.2) is 0 Å². The second kappa shape index (κ2) is 7.71. The molecule has 1 aromatic rings. The molecule has 1 aliphatic rings. The van der Waals surface area contributed by atoms with Crippen LogP contribution in [0, 0.1) is 5.92 Å². The summed E-state index contributed by atoms with van der Waals surface area (Å²) in [6.45, 7) is 2.62. The Balaban J connectivity index is 0.00000200. The van der Waals surface area contributed by atoms with Crippen molar-refractivity contribution in [3.63, 3.8) is 0 Å². The average molecular weight is 366 g/mol. The molecule has 1 saturated heterocycles. The van der Waals surface area contributed by atoms with E-state index in [1.807, 2.05) is 0 Å². The van der Waals surface area contributed by atoms with Gasteiger partial charge in [0.05, 0.1) is 14.2 Å². The maximum absolute atomic E-state index is 12.1. The molecule has 1 amide bonds. The number of ether oxygens (including phenoxy) is 2. The number of nitrogens with one attached hydrogen (secondary N) is 2. The van der Waals surface area contributed by atoms with Gasteiger partial charge >= 0.3 is 0 Å². The quantitative estimate of drug-likeness (QED) is 0.836. The van der Waals surface area contributed by atoms with E-state index in [9.17, 15) is 4.79 Å². The molecule has 1 aliphatic heterocycles. The summed E-state index contributed by atoms with van der Waals surface area (Å²) in [6, 6.07) is 3.39. The maximum Gasteiger partial charge on any atom is 0.251 e. The lowest BCUT2D eigenvalue weighted by atomic mass is 10.0. The van der Waals surface area contributed by atoms with Gasteiger partial charge in [-0.25, -0.2) is 0 Å². The van der Waals surface area contributed by atoms with Crippen molar-refractivity contribution in [2.24, 2.45) is 5.92 Å². The number of benzene rings is 1. The van der Waals surface area contributed by atoms with Gasteiger partial charge in [0.25, 0.3) is 5.91 Å². The van der Waals surface area contributed by atoms with Crippen molar-refractivity contribution in [1.82, 2.24) is 10.6 Å². The van der Waals surface area contributed by atoms with Gasteiger partial charge in [-0.1, -0.05) is 0 Å². The molecule has 0 atom stereocenters. The number of carbonyl (C=O) groups excluding carboxylic acids is 1. The van der Waals surface area contributed by atoms with Crippen molar-refractivity contribution >= 4 is 34.2 Å². The molecule has 7 heteroatoms. The van der Waals surface area contributed by atoms with Gasteiger partial charge in [0.1, 0.15) is 16.0 Å². The minimum Gasteiger partial charge on any atom is -0.495 e. The largest absolute Gasteiger partial charge is 0.495 e. The molecule has 0 aliphatic carbocycles. The fraction of sp³-hybridized carbons (Fsp3) is 0.462. The minimum absolute atomic E-state index is 0. The summed E-state index contributed by atoms with van der Waals surface area (Å²) in [5, 5.41) is 6.09. The summed E-state index contributed by atoms with van der Waals surface area (Å²) in [6.07, 6.45) is 0. The molecule has 0 unspecified atom stereocenters. The van der Waals surface area contributed by atoms with Crippen LogP contribution in [0.2, 0.25) is 0 Å². The van der Waals surface area contributed by atoms with Crippen LogP contribution >= 0.6 is 28.3 Å². The van der Waals surface area contributed by atoms with E-state index in [0.29, 0.717) is 34.0 Å². The third kappa shape index (κ3) is 3.77. The summed E-state index contributed by atoms with van der Waals surface area (Å²) in [4.78, 5) is 12.1. The fourth-order valence-electron chi connectivity index (χ4n) is 1.83. The highest BCUT2D eigenvalue weighted by atomic mass is 79.9. The van der Waals surface area contributed by atoms with Crippen molar-refractivity contribution in [3.05, 3.63) is 22.2 Å². The number of amides is 1. The molecule has 1 heterocycles. The summed E-state index contributed by atoms with van der Waals surface area (Å²) in [7, 11) is 3.11. The number of hydrogen-bond acceptors (Lipinski definition) is 4. The Hall–Kier alpha value is -0.980. The molecule has 0 bridgehead atoms. The van der Waals surface area contributed by atoms with E-state index in [1.165, 1.54) is 0 Å². The topological polar surface area (TPSA) is 59.6 Å². The second-order valence-electron chi connectivity index (χ2n) is 4.43. The number of hydrogen-bond donors (Lipinski definition) is 2. The molecule has 0 saturated carbocycles. The third-order valence-electron chi connectivity index (χ3n) is 3.13. The van der Waals surface area contributed by atoms with Gasteiger partial charge in [-0.05, 0) is 28.1 Å². The molecule has 1 fully saturated rings. The van der Waals surface area contributed by atoms with Crippen LogP contribution in [0.1, 0.15) is 10.4 Å². The van der Waals surface area contributed by atoms with Gasteiger partial charge in [0, 0.05) is 31.1 Å². The molecule has 2 rings (SSSR count). The Labute approximate surface area is 132 Å². The van der Waals surface area contributed by atoms with Crippen LogP contribution in [0.5, 0.6) is 11.5 Å². The number of halogens is 2. The van der Waals surface area contributed by atoms with Gasteiger partial charge in [-0.3, -0.25) is 4.79 Å². The van der Waals surface area contributed by atoms with E-state index >= 15 is 0 Å². The summed E-state index contributed by atoms with van der Waals surface area (Å²) in [5.74, 6) is 1.57. The lowest BCUT2D eigenvalue weighted by molar-refractivity contribution is 0.0941. The predicted octanol–water partition coefficient (Wildman–Crippen LogP) is 1.84. The first-order valence-electron chi connectivity index (χ1n) is 6.06. The zero-order valence-corrected chi connectivity index (χ0v) is 13.8. The standard InChI is InChI=1S/C13H17BrN2O3.ClH/c1-18-10-3-9(4-11(19-2)12(10)14)13(17)16-7-8-5-15-6-8;/h3-4,8,15H,5-7H2,1-2H3,(H,16,17);1H. The van der Waals surface area contributed by atoms with Crippen LogP contribution < -0.4 is 20.1 Å². The highest BCUT2D eigenvalue weighted by Gasteiger charge is 2.19. The van der Waals surface area contributed by atoms with E-state index in [2.05, 4.69) is 26.6 Å². The van der Waals surface area contributed by atoms with Crippen LogP contribution in [-0.4, -0.2) is 39.8 Å². The SMILES string of the molecule is COc1cc(C(=O)NCC2CNC2)cc(OC)c1Br.Cl. The first kappa shape index (κ1) is 17.1. The van der Waals surface area contributed by atoms with Crippen LogP contribution in [-0.2, 0) is 0 Å². The third-order valence-corrected chi connectivity index (χ3v) is 3.91. The molecular formula is C13H18BrClN2O3. The lowest BCUT2D eigenvalue weighted by Gasteiger charge is -2.27. The van der Waals surface area contributed by atoms with Crippen molar-refractivity contribution in [2.75, 3.05) is 33.9 Å². The molecule has 0 spiro atoms. The maximum atomic E-state index is 12.1. The van der Waals surface area contributed by atoms with Crippen LogP contribution in [0.25, 0.3) is 0 Å². The molecule has 2 N–H and O–H groups in total. The number of carbonyl (C=O) groups is 1. The number of methoxy groups -OCH3 is 2. The molecular weight excluding hydrogens is 348 g/mol. The smallest absolute Gasteiger partial charge is 0.251 e. The van der Waals surface area contributed by atoms with Crippen molar-refractivity contribution in [2.45, 2.75) is 0 Å². The van der Waals surface area contributed by atoms with Crippen molar-refractivity contribution in [1.29, 1.82) is 0 Å². The van der Waals surface area contributed by atoms with E-state index < -0.39 is 0 Å². The van der Waals surface area contributed by atoms with Crippen LogP contribution in [0.15, 0.2) is 16.6 Å². The molecule has 20 heavy (non-hydrogen) atoms. The average Bonchev–Trinajstić information content (AvgIpc) is 2.37. The Morgan fingerprint density at radius 3 is 2.30 bits per heavy atom.